The summed E-state index contributed by atoms with van der Waals surface area (Å²) in [5.41, 5.74) is 0.828. The number of rotatable bonds is 5. The van der Waals surface area contributed by atoms with Crippen LogP contribution in [0.3, 0.4) is 0 Å². The molecule has 0 saturated carbocycles. The number of anilines is 1. The Bertz CT molecular complexity index is 527. The Labute approximate surface area is 129 Å². The van der Waals surface area contributed by atoms with Crippen molar-refractivity contribution in [2.75, 3.05) is 31.1 Å². The minimum absolute atomic E-state index is 0.383. The van der Waals surface area contributed by atoms with Crippen molar-refractivity contribution < 1.29 is 9.90 Å². The molecule has 0 amide bonds. The summed E-state index contributed by atoms with van der Waals surface area (Å²) in [7, 11) is 0. The highest BCUT2D eigenvalue weighted by atomic mass is 32.1. The number of thiazole rings is 1. The maximum atomic E-state index is 11.3. The van der Waals surface area contributed by atoms with Gasteiger partial charge in [0.2, 0.25) is 0 Å². The van der Waals surface area contributed by atoms with Gasteiger partial charge in [-0.25, -0.2) is 4.98 Å². The lowest BCUT2D eigenvalue weighted by Gasteiger charge is -2.26. The van der Waals surface area contributed by atoms with Gasteiger partial charge in [-0.05, 0) is 32.4 Å². The first-order valence-corrected chi connectivity index (χ1v) is 8.67. The Hall–Kier alpha value is -1.14. The van der Waals surface area contributed by atoms with E-state index in [0.717, 1.165) is 43.4 Å². The lowest BCUT2D eigenvalue weighted by molar-refractivity contribution is -0.138. The van der Waals surface area contributed by atoms with Crippen LogP contribution in [0.5, 0.6) is 0 Å². The number of nitrogens with zero attached hydrogens (tertiary/aromatic N) is 3. The fraction of sp³-hybridized carbons (Fsp3) is 0.733. The average molecular weight is 309 g/mol. The Kier molecular flexibility index (Phi) is 4.17. The van der Waals surface area contributed by atoms with Crippen molar-refractivity contribution in [3.63, 3.8) is 0 Å². The van der Waals surface area contributed by atoms with Crippen molar-refractivity contribution in [3.05, 3.63) is 10.6 Å². The Morgan fingerprint density at radius 2 is 2.19 bits per heavy atom. The molecule has 21 heavy (non-hydrogen) atoms. The zero-order valence-corrected chi connectivity index (χ0v) is 13.5. The molecule has 1 aliphatic heterocycles. The van der Waals surface area contributed by atoms with E-state index in [4.69, 9.17) is 0 Å². The molecule has 2 atom stereocenters. The summed E-state index contributed by atoms with van der Waals surface area (Å²) in [6.45, 7) is 8.65. The van der Waals surface area contributed by atoms with Crippen LogP contribution < -0.4 is 4.90 Å². The van der Waals surface area contributed by atoms with E-state index in [-0.39, 0.29) is 5.92 Å². The summed E-state index contributed by atoms with van der Waals surface area (Å²) in [4.78, 5) is 21.9. The zero-order valence-electron chi connectivity index (χ0n) is 12.7. The summed E-state index contributed by atoms with van der Waals surface area (Å²) in [5, 5.41) is 10.3. The molecule has 1 aliphatic carbocycles. The van der Waals surface area contributed by atoms with Crippen LogP contribution in [0.1, 0.15) is 43.2 Å². The Morgan fingerprint density at radius 3 is 2.86 bits per heavy atom. The molecule has 2 heterocycles. The van der Waals surface area contributed by atoms with Gasteiger partial charge >= 0.3 is 5.97 Å². The first-order valence-electron chi connectivity index (χ1n) is 7.85. The predicted molar refractivity (Wildman–Crippen MR) is 84.4 cm³/mol. The predicted octanol–water partition coefficient (Wildman–Crippen LogP) is 2.18. The molecule has 1 aromatic rings. The maximum absolute atomic E-state index is 11.3. The van der Waals surface area contributed by atoms with Crippen molar-refractivity contribution in [1.82, 2.24) is 9.88 Å². The highest BCUT2D eigenvalue weighted by Gasteiger charge is 2.35. The first-order chi connectivity index (χ1) is 10.1. The van der Waals surface area contributed by atoms with Gasteiger partial charge in [0.15, 0.2) is 5.13 Å². The number of fused-ring (bicyclic) bond motifs is 1. The standard InChI is InChI=1S/C15H23N3O2S/c1-3-17(4-2)10-7-8-18(9-10)15-16-13-11(14(19)20)5-6-12(13)21-15/h10-11H,3-9H2,1-2H3,(H,19,20). The number of likely N-dealkylation sites (N-methyl/N-ethyl adjacent to an activating group) is 1. The molecule has 5 nitrogen and oxygen atoms in total. The number of hydrogen-bond acceptors (Lipinski definition) is 5. The van der Waals surface area contributed by atoms with Crippen molar-refractivity contribution in [3.8, 4) is 0 Å². The molecule has 2 aliphatic rings. The van der Waals surface area contributed by atoms with Gasteiger partial charge in [0.25, 0.3) is 0 Å². The molecular weight excluding hydrogens is 286 g/mol. The SMILES string of the molecule is CCN(CC)C1CCN(c2nc3c(s2)CCC3C(=O)O)C1. The number of aliphatic carboxylic acids is 1. The van der Waals surface area contributed by atoms with Crippen LogP contribution in [0.2, 0.25) is 0 Å². The minimum Gasteiger partial charge on any atom is -0.481 e. The van der Waals surface area contributed by atoms with Crippen molar-refractivity contribution >= 4 is 22.4 Å². The lowest BCUT2D eigenvalue weighted by Crippen LogP contribution is -2.37. The van der Waals surface area contributed by atoms with Gasteiger partial charge in [-0.15, -0.1) is 11.3 Å². The summed E-state index contributed by atoms with van der Waals surface area (Å²) >= 11 is 1.70. The molecule has 0 bridgehead atoms. The molecule has 0 aromatic carbocycles. The second-order valence-corrected chi connectivity index (χ2v) is 6.91. The van der Waals surface area contributed by atoms with E-state index in [2.05, 4.69) is 28.6 Å². The highest BCUT2D eigenvalue weighted by Crippen LogP contribution is 2.40. The van der Waals surface area contributed by atoms with Gasteiger partial charge in [0.1, 0.15) is 5.92 Å². The third-order valence-corrected chi connectivity index (χ3v) is 5.96. The molecule has 6 heteroatoms. The molecule has 0 radical (unpaired) electrons. The van der Waals surface area contributed by atoms with Crippen LogP contribution in [0.15, 0.2) is 0 Å². The van der Waals surface area contributed by atoms with E-state index >= 15 is 0 Å². The number of carboxylic acids is 1. The third-order valence-electron chi connectivity index (χ3n) is 4.77. The molecule has 1 N–H and O–H groups in total. The van der Waals surface area contributed by atoms with Crippen LogP contribution in [0.25, 0.3) is 0 Å². The van der Waals surface area contributed by atoms with Gasteiger partial charge in [-0.2, -0.15) is 0 Å². The Morgan fingerprint density at radius 1 is 1.43 bits per heavy atom. The Balaban J connectivity index is 1.72. The van der Waals surface area contributed by atoms with Gasteiger partial charge in [-0.3, -0.25) is 9.69 Å². The molecule has 2 unspecified atom stereocenters. The number of aryl methyl sites for hydroxylation is 1. The van der Waals surface area contributed by atoms with Gasteiger partial charge in [0.05, 0.1) is 5.69 Å². The fourth-order valence-corrected chi connectivity index (χ4v) is 4.72. The number of hydrogen-bond donors (Lipinski definition) is 1. The van der Waals surface area contributed by atoms with Crippen LogP contribution in [-0.4, -0.2) is 53.2 Å². The lowest BCUT2D eigenvalue weighted by atomic mass is 10.1. The minimum atomic E-state index is -0.729. The molecule has 1 saturated heterocycles. The summed E-state index contributed by atoms with van der Waals surface area (Å²) in [6, 6.07) is 0.606. The van der Waals surface area contributed by atoms with Gasteiger partial charge in [0, 0.05) is 24.0 Å². The average Bonchev–Trinajstić information content (AvgIpc) is 3.13. The van der Waals surface area contributed by atoms with Crippen LogP contribution in [0, 0.1) is 0 Å². The van der Waals surface area contributed by atoms with E-state index in [1.807, 2.05) is 0 Å². The molecule has 3 rings (SSSR count). The van der Waals surface area contributed by atoms with E-state index in [9.17, 15) is 9.90 Å². The van der Waals surface area contributed by atoms with E-state index < -0.39 is 5.97 Å². The van der Waals surface area contributed by atoms with Crippen LogP contribution >= 0.6 is 11.3 Å². The van der Waals surface area contributed by atoms with E-state index in [1.54, 1.807) is 11.3 Å². The normalized spacial score (nSPS) is 24.8. The number of carboxylic acid groups (broad SMARTS) is 1. The topological polar surface area (TPSA) is 56.7 Å². The van der Waals surface area contributed by atoms with Gasteiger partial charge in [-0.1, -0.05) is 13.8 Å². The molecule has 0 spiro atoms. The molecule has 1 fully saturated rings. The second-order valence-electron chi connectivity index (χ2n) is 5.84. The highest BCUT2D eigenvalue weighted by molar-refractivity contribution is 7.15. The first kappa shape index (κ1) is 14.8. The van der Waals surface area contributed by atoms with Crippen LogP contribution in [0.4, 0.5) is 5.13 Å². The smallest absolute Gasteiger partial charge is 0.312 e. The van der Waals surface area contributed by atoms with E-state index in [1.165, 1.54) is 11.3 Å². The maximum Gasteiger partial charge on any atom is 0.312 e. The number of carbonyl (C=O) groups is 1. The summed E-state index contributed by atoms with van der Waals surface area (Å²) in [5.74, 6) is -1.11. The second kappa shape index (κ2) is 5.93. The van der Waals surface area contributed by atoms with Gasteiger partial charge < -0.3 is 10.0 Å². The number of aromatic nitrogens is 1. The monoisotopic (exact) mass is 309 g/mol. The van der Waals surface area contributed by atoms with Crippen LogP contribution in [-0.2, 0) is 11.2 Å². The summed E-state index contributed by atoms with van der Waals surface area (Å²) in [6.07, 6.45) is 2.76. The molecular formula is C15H23N3O2S. The van der Waals surface area contributed by atoms with Crippen molar-refractivity contribution in [2.24, 2.45) is 0 Å². The third kappa shape index (κ3) is 2.66. The molecule has 116 valence electrons. The summed E-state index contributed by atoms with van der Waals surface area (Å²) < 4.78 is 0. The van der Waals surface area contributed by atoms with Crippen molar-refractivity contribution in [1.29, 1.82) is 0 Å². The molecule has 1 aromatic heterocycles. The zero-order chi connectivity index (χ0) is 15.0. The fourth-order valence-electron chi connectivity index (χ4n) is 3.54. The largest absolute Gasteiger partial charge is 0.481 e. The van der Waals surface area contributed by atoms with Crippen molar-refractivity contribution in [2.45, 2.75) is 45.1 Å². The van der Waals surface area contributed by atoms with E-state index in [0.29, 0.717) is 12.5 Å². The quantitative estimate of drug-likeness (QED) is 0.903.